The van der Waals surface area contributed by atoms with Crippen molar-refractivity contribution in [2.75, 3.05) is 0 Å². The van der Waals surface area contributed by atoms with Crippen LogP contribution in [0.3, 0.4) is 0 Å². The number of aliphatic carboxylic acids is 1. The highest BCUT2D eigenvalue weighted by Gasteiger charge is 2.32. The van der Waals surface area contributed by atoms with Gasteiger partial charge in [-0.25, -0.2) is 13.6 Å². The maximum absolute atomic E-state index is 13.9. The molecule has 1 aromatic carbocycles. The molecule has 0 unspecified atom stereocenters. The third kappa shape index (κ3) is 3.94. The number of aromatic nitrogens is 3. The summed E-state index contributed by atoms with van der Waals surface area (Å²) in [4.78, 5) is 14.4. The summed E-state index contributed by atoms with van der Waals surface area (Å²) < 4.78 is 66.9. The number of carboxylic acids is 1. The fraction of sp³-hybridized carbons (Fsp3) is 0.118. The number of fused-ring (bicyclic) bond motifs is 1. The van der Waals surface area contributed by atoms with Gasteiger partial charge in [-0.3, -0.25) is 9.67 Å². The zero-order valence-corrected chi connectivity index (χ0v) is 13.3. The van der Waals surface area contributed by atoms with Crippen molar-refractivity contribution in [3.8, 4) is 0 Å². The lowest BCUT2D eigenvalue weighted by Gasteiger charge is -2.08. The van der Waals surface area contributed by atoms with Gasteiger partial charge >= 0.3 is 12.1 Å². The quantitative estimate of drug-likeness (QED) is 0.549. The van der Waals surface area contributed by atoms with E-state index in [-0.39, 0.29) is 28.8 Å². The third-order valence-corrected chi connectivity index (χ3v) is 3.66. The molecule has 0 saturated carbocycles. The smallest absolute Gasteiger partial charge is 0.417 e. The fourth-order valence-electron chi connectivity index (χ4n) is 2.43. The number of carboxylic acid groups (broad SMARTS) is 1. The number of hydrogen-bond acceptors (Lipinski definition) is 3. The molecular weight excluding hydrogens is 373 g/mol. The van der Waals surface area contributed by atoms with Gasteiger partial charge < -0.3 is 5.11 Å². The van der Waals surface area contributed by atoms with Gasteiger partial charge in [0.2, 0.25) is 0 Å². The summed E-state index contributed by atoms with van der Waals surface area (Å²) in [6.45, 7) is -0.299. The van der Waals surface area contributed by atoms with Crippen LogP contribution in [0.2, 0.25) is 0 Å². The van der Waals surface area contributed by atoms with Crippen molar-refractivity contribution >= 4 is 23.1 Å². The van der Waals surface area contributed by atoms with Gasteiger partial charge in [0.25, 0.3) is 0 Å². The SMILES string of the molecule is O=C(O)C=Cc1nn(Cc2ccc(F)cc2F)c2cc(C(F)(F)F)cnc12. The van der Waals surface area contributed by atoms with E-state index in [1.807, 2.05) is 0 Å². The van der Waals surface area contributed by atoms with Crippen molar-refractivity contribution in [2.24, 2.45) is 0 Å². The molecule has 27 heavy (non-hydrogen) atoms. The van der Waals surface area contributed by atoms with E-state index in [4.69, 9.17) is 5.11 Å². The van der Waals surface area contributed by atoms with E-state index < -0.39 is 29.3 Å². The largest absolute Gasteiger partial charge is 0.478 e. The Labute approximate surface area is 148 Å². The lowest BCUT2D eigenvalue weighted by molar-refractivity contribution is -0.137. The summed E-state index contributed by atoms with van der Waals surface area (Å²) >= 11 is 0. The molecule has 0 amide bonds. The second-order valence-corrected chi connectivity index (χ2v) is 5.54. The molecule has 0 saturated heterocycles. The number of hydrogen-bond donors (Lipinski definition) is 1. The van der Waals surface area contributed by atoms with Crippen LogP contribution in [0.5, 0.6) is 0 Å². The predicted octanol–water partition coefficient (Wildman–Crippen LogP) is 3.87. The Morgan fingerprint density at radius 3 is 2.59 bits per heavy atom. The number of halogens is 5. The van der Waals surface area contributed by atoms with Crippen LogP contribution in [0.1, 0.15) is 16.8 Å². The van der Waals surface area contributed by atoms with Crippen LogP contribution in [0.25, 0.3) is 17.1 Å². The first-order valence-corrected chi connectivity index (χ1v) is 7.44. The van der Waals surface area contributed by atoms with Gasteiger partial charge in [0, 0.05) is 23.9 Å². The summed E-state index contributed by atoms with van der Waals surface area (Å²) in [6.07, 6.45) is -2.23. The van der Waals surface area contributed by atoms with Crippen molar-refractivity contribution in [1.29, 1.82) is 0 Å². The Morgan fingerprint density at radius 1 is 1.22 bits per heavy atom. The Kier molecular flexibility index (Phi) is 4.64. The highest BCUT2D eigenvalue weighted by Crippen LogP contribution is 2.31. The average molecular weight is 383 g/mol. The van der Waals surface area contributed by atoms with Crippen LogP contribution < -0.4 is 0 Å². The van der Waals surface area contributed by atoms with Crippen LogP contribution in [0.15, 0.2) is 36.5 Å². The molecule has 140 valence electrons. The molecule has 3 aromatic rings. The van der Waals surface area contributed by atoms with E-state index in [0.29, 0.717) is 12.3 Å². The standard InChI is InChI=1S/C17H10F5N3O2/c18-11-2-1-9(12(19)6-11)8-25-14-5-10(17(20,21)22)7-23-16(14)13(24-25)3-4-15(26)27/h1-7H,8H2,(H,26,27). The molecule has 0 aliphatic carbocycles. The van der Waals surface area contributed by atoms with Crippen LogP contribution in [0, 0.1) is 11.6 Å². The molecule has 0 spiro atoms. The van der Waals surface area contributed by atoms with Crippen LogP contribution in [-0.4, -0.2) is 25.8 Å². The number of alkyl halides is 3. The molecular formula is C17H10F5N3O2. The summed E-state index contributed by atoms with van der Waals surface area (Å²) in [7, 11) is 0. The molecule has 5 nitrogen and oxygen atoms in total. The molecule has 0 bridgehead atoms. The van der Waals surface area contributed by atoms with Gasteiger partial charge in [0.05, 0.1) is 17.6 Å². The zero-order chi connectivity index (χ0) is 19.8. The first-order chi connectivity index (χ1) is 12.6. The average Bonchev–Trinajstić information content (AvgIpc) is 2.92. The molecule has 2 aromatic heterocycles. The zero-order valence-electron chi connectivity index (χ0n) is 13.3. The van der Waals surface area contributed by atoms with E-state index in [9.17, 15) is 26.7 Å². The number of carbonyl (C=O) groups is 1. The Morgan fingerprint density at radius 2 is 1.96 bits per heavy atom. The lowest BCUT2D eigenvalue weighted by atomic mass is 10.2. The number of pyridine rings is 1. The molecule has 10 heteroatoms. The van der Waals surface area contributed by atoms with Crippen molar-refractivity contribution in [3.63, 3.8) is 0 Å². The van der Waals surface area contributed by atoms with Gasteiger partial charge in [0.1, 0.15) is 22.8 Å². The van der Waals surface area contributed by atoms with Crippen molar-refractivity contribution in [3.05, 3.63) is 65.0 Å². The minimum Gasteiger partial charge on any atom is -0.478 e. The van der Waals surface area contributed by atoms with Gasteiger partial charge in [0.15, 0.2) is 0 Å². The van der Waals surface area contributed by atoms with Crippen LogP contribution in [0.4, 0.5) is 22.0 Å². The first-order valence-electron chi connectivity index (χ1n) is 7.44. The molecule has 0 aliphatic rings. The number of benzene rings is 1. The van der Waals surface area contributed by atoms with Gasteiger partial charge in [-0.1, -0.05) is 6.07 Å². The summed E-state index contributed by atoms with van der Waals surface area (Å²) in [5.74, 6) is -2.97. The van der Waals surface area contributed by atoms with Gasteiger partial charge in [-0.15, -0.1) is 0 Å². The van der Waals surface area contributed by atoms with Crippen LogP contribution in [-0.2, 0) is 17.5 Å². The highest BCUT2D eigenvalue weighted by atomic mass is 19.4. The minimum absolute atomic E-state index is 0.00337. The topological polar surface area (TPSA) is 68.0 Å². The first kappa shape index (κ1) is 18.5. The Hall–Kier alpha value is -3.30. The predicted molar refractivity (Wildman–Crippen MR) is 84.7 cm³/mol. The van der Waals surface area contributed by atoms with Gasteiger partial charge in [-0.05, 0) is 18.2 Å². The molecule has 1 N–H and O–H groups in total. The van der Waals surface area contributed by atoms with E-state index >= 15 is 0 Å². The summed E-state index contributed by atoms with van der Waals surface area (Å²) in [5, 5.41) is 12.7. The maximum Gasteiger partial charge on any atom is 0.417 e. The number of nitrogens with zero attached hydrogens (tertiary/aromatic N) is 3. The lowest BCUT2D eigenvalue weighted by Crippen LogP contribution is -2.07. The Balaban J connectivity index is 2.15. The van der Waals surface area contributed by atoms with Crippen LogP contribution >= 0.6 is 0 Å². The second-order valence-electron chi connectivity index (χ2n) is 5.54. The van der Waals surface area contributed by atoms with E-state index in [2.05, 4.69) is 10.1 Å². The molecule has 2 heterocycles. The maximum atomic E-state index is 13.9. The van der Waals surface area contributed by atoms with E-state index in [0.717, 1.165) is 35.0 Å². The minimum atomic E-state index is -4.66. The normalized spacial score (nSPS) is 12.2. The van der Waals surface area contributed by atoms with E-state index in [1.54, 1.807) is 0 Å². The van der Waals surface area contributed by atoms with Gasteiger partial charge in [-0.2, -0.15) is 18.3 Å². The monoisotopic (exact) mass is 383 g/mol. The molecule has 0 fully saturated rings. The summed E-state index contributed by atoms with van der Waals surface area (Å²) in [5.41, 5.74) is -1.10. The van der Waals surface area contributed by atoms with Crippen molar-refractivity contribution < 1.29 is 31.9 Å². The van der Waals surface area contributed by atoms with E-state index in [1.165, 1.54) is 0 Å². The highest BCUT2D eigenvalue weighted by molar-refractivity contribution is 5.90. The molecule has 0 radical (unpaired) electrons. The van der Waals surface area contributed by atoms with Crippen molar-refractivity contribution in [1.82, 2.24) is 14.8 Å². The Bertz CT molecular complexity index is 1060. The van der Waals surface area contributed by atoms with Crippen molar-refractivity contribution in [2.45, 2.75) is 12.7 Å². The third-order valence-electron chi connectivity index (χ3n) is 3.66. The molecule has 0 atom stereocenters. The molecule has 3 rings (SSSR count). The molecule has 0 aliphatic heterocycles. The number of rotatable bonds is 4. The second kappa shape index (κ2) is 6.78. The summed E-state index contributed by atoms with van der Waals surface area (Å²) in [6, 6.07) is 3.58. The fourth-order valence-corrected chi connectivity index (χ4v) is 2.43.